The van der Waals surface area contributed by atoms with E-state index in [1.54, 1.807) is 0 Å². The molecule has 0 radical (unpaired) electrons. The van der Waals surface area contributed by atoms with Crippen molar-refractivity contribution in [1.29, 1.82) is 0 Å². The molecule has 0 saturated carbocycles. The molecule has 0 amide bonds. The molecule has 0 spiro atoms. The van der Waals surface area contributed by atoms with E-state index in [1.165, 1.54) is 19.1 Å². The lowest BCUT2D eigenvalue weighted by Crippen LogP contribution is -2.29. The van der Waals surface area contributed by atoms with Crippen LogP contribution in [0.1, 0.15) is 6.42 Å². The van der Waals surface area contributed by atoms with Crippen LogP contribution in [-0.4, -0.2) is 16.3 Å². The van der Waals surface area contributed by atoms with E-state index >= 15 is 0 Å². The number of hydrogen-bond donors (Lipinski definition) is 0. The molecule has 1 fully saturated rings. The largest absolute Gasteiger partial charge is 0.382 e. The maximum Gasteiger partial charge on any atom is 0.260 e. The van der Waals surface area contributed by atoms with Gasteiger partial charge in [-0.15, -0.1) is 0 Å². The fourth-order valence-corrected chi connectivity index (χ4v) is 1.17. The fourth-order valence-electron chi connectivity index (χ4n) is 1.17. The minimum Gasteiger partial charge on any atom is -0.382 e. The Balaban J connectivity index is 2.14. The van der Waals surface area contributed by atoms with Crippen LogP contribution in [0.2, 0.25) is 12.6 Å². The average Bonchev–Trinajstić information content (AvgIpc) is 2.11. The third kappa shape index (κ3) is 0.764. The van der Waals surface area contributed by atoms with Crippen LogP contribution in [0.15, 0.2) is 18.7 Å². The molecular weight excluding hydrogens is 111 g/mol. The Hall–Kier alpha value is -0.725. The summed E-state index contributed by atoms with van der Waals surface area (Å²) >= 11 is 0. The molecule has 46 valence electrons. The van der Waals surface area contributed by atoms with Crippen LogP contribution in [0.3, 0.4) is 0 Å². The van der Waals surface area contributed by atoms with Gasteiger partial charge < -0.3 is 4.48 Å². The Kier molecular flexibility index (Phi) is 1.08. The SMILES string of the molecule is c1cn(B2CCC2)cn1. The van der Waals surface area contributed by atoms with Crippen molar-refractivity contribution in [1.82, 2.24) is 9.46 Å². The van der Waals surface area contributed by atoms with Gasteiger partial charge in [-0.2, -0.15) is 0 Å². The van der Waals surface area contributed by atoms with Gasteiger partial charge in [0, 0.05) is 12.4 Å². The molecule has 0 aliphatic carbocycles. The molecule has 1 aromatic heterocycles. The highest BCUT2D eigenvalue weighted by atomic mass is 15.0. The number of aromatic nitrogens is 2. The Bertz CT molecular complexity index is 179. The Labute approximate surface area is 55.0 Å². The Morgan fingerprint density at radius 3 is 2.78 bits per heavy atom. The van der Waals surface area contributed by atoms with E-state index in [2.05, 4.69) is 9.46 Å². The van der Waals surface area contributed by atoms with Gasteiger partial charge in [0.15, 0.2) is 0 Å². The second kappa shape index (κ2) is 1.90. The van der Waals surface area contributed by atoms with Gasteiger partial charge in [-0.25, -0.2) is 4.98 Å². The zero-order valence-electron chi connectivity index (χ0n) is 5.33. The van der Waals surface area contributed by atoms with Gasteiger partial charge in [0.1, 0.15) is 0 Å². The molecule has 9 heavy (non-hydrogen) atoms. The summed E-state index contributed by atoms with van der Waals surface area (Å²) in [5.41, 5.74) is 0. The van der Waals surface area contributed by atoms with Crippen molar-refractivity contribution in [2.45, 2.75) is 19.1 Å². The van der Waals surface area contributed by atoms with E-state index in [0.29, 0.717) is 0 Å². The lowest BCUT2D eigenvalue weighted by Gasteiger charge is -2.21. The third-order valence-electron chi connectivity index (χ3n) is 2.02. The van der Waals surface area contributed by atoms with Crippen LogP contribution < -0.4 is 0 Å². The molecule has 1 saturated heterocycles. The van der Waals surface area contributed by atoms with Crippen molar-refractivity contribution >= 4 is 6.85 Å². The molecule has 3 heteroatoms. The van der Waals surface area contributed by atoms with Crippen molar-refractivity contribution in [2.75, 3.05) is 0 Å². The molecule has 0 atom stereocenters. The number of nitrogens with zero attached hydrogens (tertiary/aromatic N) is 2. The predicted octanol–water partition coefficient (Wildman–Crippen LogP) is 1.13. The predicted molar refractivity (Wildman–Crippen MR) is 37.6 cm³/mol. The Morgan fingerprint density at radius 1 is 1.44 bits per heavy atom. The van der Waals surface area contributed by atoms with Crippen LogP contribution >= 0.6 is 0 Å². The molecule has 2 nitrogen and oxygen atoms in total. The van der Waals surface area contributed by atoms with E-state index in [-0.39, 0.29) is 0 Å². The second-order valence-electron chi connectivity index (χ2n) is 2.59. The molecule has 0 unspecified atom stereocenters. The molecule has 1 aromatic rings. The van der Waals surface area contributed by atoms with Crippen LogP contribution in [-0.2, 0) is 0 Å². The topological polar surface area (TPSA) is 17.8 Å². The van der Waals surface area contributed by atoms with Crippen molar-refractivity contribution in [3.8, 4) is 0 Å². The normalized spacial score (nSPS) is 17.6. The van der Waals surface area contributed by atoms with E-state index < -0.39 is 0 Å². The van der Waals surface area contributed by atoms with Gasteiger partial charge >= 0.3 is 0 Å². The highest BCUT2D eigenvalue weighted by Gasteiger charge is 2.23. The van der Waals surface area contributed by atoms with Crippen LogP contribution in [0.5, 0.6) is 0 Å². The first-order valence-electron chi connectivity index (χ1n) is 3.44. The lowest BCUT2D eigenvalue weighted by atomic mass is 9.44. The number of imidazole rings is 1. The first-order valence-corrected chi connectivity index (χ1v) is 3.44. The Morgan fingerprint density at radius 2 is 2.33 bits per heavy atom. The number of rotatable bonds is 1. The van der Waals surface area contributed by atoms with Crippen molar-refractivity contribution in [3.05, 3.63) is 18.7 Å². The first kappa shape index (κ1) is 5.09. The molecule has 1 aliphatic rings. The van der Waals surface area contributed by atoms with Crippen LogP contribution in [0.25, 0.3) is 0 Å². The van der Waals surface area contributed by atoms with E-state index in [9.17, 15) is 0 Å². The quantitative estimate of drug-likeness (QED) is 0.508. The van der Waals surface area contributed by atoms with Gasteiger partial charge in [0.2, 0.25) is 0 Å². The molecule has 2 heterocycles. The molecule has 0 bridgehead atoms. The molecule has 0 aromatic carbocycles. The second-order valence-corrected chi connectivity index (χ2v) is 2.59. The zero-order valence-corrected chi connectivity index (χ0v) is 5.33. The maximum atomic E-state index is 3.99. The van der Waals surface area contributed by atoms with Crippen molar-refractivity contribution in [2.24, 2.45) is 0 Å². The van der Waals surface area contributed by atoms with E-state index in [1.807, 2.05) is 18.7 Å². The summed E-state index contributed by atoms with van der Waals surface area (Å²) in [5, 5.41) is 0. The summed E-state index contributed by atoms with van der Waals surface area (Å²) in [6, 6.07) is 0. The summed E-state index contributed by atoms with van der Waals surface area (Å²) in [7, 11) is 0. The van der Waals surface area contributed by atoms with Crippen LogP contribution in [0.4, 0.5) is 0 Å². The van der Waals surface area contributed by atoms with Crippen molar-refractivity contribution < 1.29 is 0 Å². The third-order valence-corrected chi connectivity index (χ3v) is 2.02. The fraction of sp³-hybridized carbons (Fsp3) is 0.500. The average molecular weight is 120 g/mol. The molecule has 0 N–H and O–H groups in total. The van der Waals surface area contributed by atoms with E-state index in [4.69, 9.17) is 0 Å². The van der Waals surface area contributed by atoms with Crippen molar-refractivity contribution in [3.63, 3.8) is 0 Å². The summed E-state index contributed by atoms with van der Waals surface area (Å²) in [6.45, 7) is 0.771. The van der Waals surface area contributed by atoms with Gasteiger partial charge in [-0.1, -0.05) is 19.1 Å². The molecule has 1 aliphatic heterocycles. The highest BCUT2D eigenvalue weighted by Crippen LogP contribution is 2.20. The smallest absolute Gasteiger partial charge is 0.260 e. The summed E-state index contributed by atoms with van der Waals surface area (Å²) in [6.07, 6.45) is 9.88. The summed E-state index contributed by atoms with van der Waals surface area (Å²) in [5.74, 6) is 0. The standard InChI is InChI=1S/C6H9BN2/c1-2-7(3-1)9-5-4-8-6-9/h4-6H,1-3H2. The minimum absolute atomic E-state index is 0.771. The molecule has 2 rings (SSSR count). The van der Waals surface area contributed by atoms with Gasteiger partial charge in [0.05, 0.1) is 6.33 Å². The van der Waals surface area contributed by atoms with Gasteiger partial charge in [0.25, 0.3) is 6.85 Å². The summed E-state index contributed by atoms with van der Waals surface area (Å²) < 4.78 is 2.20. The first-order chi connectivity index (χ1) is 4.47. The van der Waals surface area contributed by atoms with Gasteiger partial charge in [-0.05, 0) is 0 Å². The monoisotopic (exact) mass is 120 g/mol. The highest BCUT2D eigenvalue weighted by molar-refractivity contribution is 6.59. The van der Waals surface area contributed by atoms with Crippen LogP contribution in [0, 0.1) is 0 Å². The number of hydrogen-bond acceptors (Lipinski definition) is 1. The zero-order chi connectivity index (χ0) is 6.10. The summed E-state index contributed by atoms with van der Waals surface area (Å²) in [4.78, 5) is 3.99. The minimum atomic E-state index is 0.771. The lowest BCUT2D eigenvalue weighted by molar-refractivity contribution is 0.883. The molecular formula is C6H9BN2. The van der Waals surface area contributed by atoms with E-state index in [0.717, 1.165) is 6.85 Å². The maximum absolute atomic E-state index is 3.99. The van der Waals surface area contributed by atoms with Gasteiger partial charge in [-0.3, -0.25) is 0 Å².